The lowest BCUT2D eigenvalue weighted by atomic mass is 9.85. The number of likely N-dealkylation sites (N-methyl/N-ethyl adjacent to an activating group) is 1. The molecule has 6 aliphatic rings. The number of amides is 1. The molecule has 0 bridgehead atoms. The van der Waals surface area contributed by atoms with Gasteiger partial charge in [-0.3, -0.25) is 48.6 Å². The van der Waals surface area contributed by atoms with Gasteiger partial charge in [-0.05, 0) is 82.5 Å². The van der Waals surface area contributed by atoms with E-state index in [4.69, 9.17) is 36.8 Å². The molecule has 1 atom stereocenters. The minimum absolute atomic E-state index is 0.0154. The lowest BCUT2D eigenvalue weighted by Gasteiger charge is -2.37. The molecule has 4 aliphatic carbocycles. The zero-order chi connectivity index (χ0) is 73.6. The van der Waals surface area contributed by atoms with Crippen molar-refractivity contribution >= 4 is 34.7 Å². The predicted octanol–water partition coefficient (Wildman–Crippen LogP) is 0.233. The molecular formula is C76H134N20O8. The number of carboxylic acid groups (broad SMARTS) is 1. The van der Waals surface area contributed by atoms with Crippen LogP contribution in [0.1, 0.15) is 127 Å². The molecule has 3 aromatic rings. The van der Waals surface area contributed by atoms with Crippen molar-refractivity contribution in [1.82, 2.24) is 86.8 Å². The zero-order valence-electron chi connectivity index (χ0n) is 63.5. The summed E-state index contributed by atoms with van der Waals surface area (Å²) in [6.45, 7) is 36.7. The van der Waals surface area contributed by atoms with E-state index >= 15 is 0 Å². The molecule has 4 heterocycles. The van der Waals surface area contributed by atoms with Gasteiger partial charge in [0.15, 0.2) is 0 Å². The third kappa shape index (κ3) is 28.1. The molecule has 9 rings (SSSR count). The fraction of sp³-hybridized carbons (Fsp3) is 0.763. The molecule has 104 heavy (non-hydrogen) atoms. The number of pyridine rings is 2. The Morgan fingerprint density at radius 3 is 1.55 bits per heavy atom. The average molecular weight is 1460 g/mol. The third-order valence-corrected chi connectivity index (χ3v) is 21.9. The second-order valence-corrected chi connectivity index (χ2v) is 29.2. The van der Waals surface area contributed by atoms with Crippen LogP contribution in [0.4, 0.5) is 0 Å². The average Bonchev–Trinajstić information content (AvgIpc) is 1.47. The van der Waals surface area contributed by atoms with Crippen molar-refractivity contribution in [2.75, 3.05) is 223 Å². The second-order valence-electron chi connectivity index (χ2n) is 29.2. The first-order valence-electron chi connectivity index (χ1n) is 40.1. The van der Waals surface area contributed by atoms with E-state index in [1.807, 2.05) is 30.3 Å². The first kappa shape index (κ1) is 84.4. The Morgan fingerprint density at radius 1 is 0.577 bits per heavy atom. The van der Waals surface area contributed by atoms with E-state index in [0.717, 1.165) is 244 Å². The smallest absolute Gasteiger partial charge is 0.355 e. The van der Waals surface area contributed by atoms with Gasteiger partial charge in [-0.1, -0.05) is 57.7 Å². The number of carbonyl (C=O) groups excluding carboxylic acids is 3. The molecule has 0 radical (unpaired) electrons. The topological polar surface area (TPSA) is 348 Å². The van der Waals surface area contributed by atoms with E-state index in [1.54, 1.807) is 17.6 Å². The number of carboxylic acids is 1. The van der Waals surface area contributed by atoms with Crippen molar-refractivity contribution in [2.45, 2.75) is 153 Å². The van der Waals surface area contributed by atoms with E-state index in [9.17, 15) is 24.0 Å². The summed E-state index contributed by atoms with van der Waals surface area (Å²) in [5.74, 6) is -3.54. The maximum absolute atomic E-state index is 13.5. The summed E-state index contributed by atoms with van der Waals surface area (Å²) in [6, 6.07) is 14.2. The first-order chi connectivity index (χ1) is 50.8. The Kier molecular flexibility index (Phi) is 38.6. The third-order valence-electron chi connectivity index (χ3n) is 21.9. The van der Waals surface area contributed by atoms with Crippen LogP contribution in [-0.4, -0.2) is 315 Å². The summed E-state index contributed by atoms with van der Waals surface area (Å²) in [5.41, 5.74) is 19.4. The zero-order valence-corrected chi connectivity index (χ0v) is 63.5. The Hall–Kier alpha value is -5.22. The van der Waals surface area contributed by atoms with Crippen LogP contribution in [0.2, 0.25) is 0 Å². The highest BCUT2D eigenvalue weighted by molar-refractivity contribution is 5.90. The van der Waals surface area contributed by atoms with Crippen molar-refractivity contribution in [2.24, 2.45) is 17.2 Å². The molecule has 28 nitrogen and oxygen atoms in total. The number of hydrogen-bond donors (Lipinski definition) is 13. The van der Waals surface area contributed by atoms with Crippen LogP contribution in [0.25, 0.3) is 22.3 Å². The molecular weight excluding hydrogens is 1320 g/mol. The molecule has 1 amide bonds. The van der Waals surface area contributed by atoms with Crippen molar-refractivity contribution in [3.8, 4) is 11.4 Å². The van der Waals surface area contributed by atoms with Crippen LogP contribution >= 0.6 is 0 Å². The van der Waals surface area contributed by atoms with Crippen molar-refractivity contribution in [1.29, 1.82) is 0 Å². The summed E-state index contributed by atoms with van der Waals surface area (Å²) >= 11 is 0. The van der Waals surface area contributed by atoms with Crippen LogP contribution in [0, 0.1) is 0 Å². The lowest BCUT2D eigenvalue weighted by Crippen LogP contribution is -2.48. The fourth-order valence-corrected chi connectivity index (χ4v) is 14.4. The van der Waals surface area contributed by atoms with Crippen LogP contribution < -0.4 is 70.6 Å². The first-order valence-corrected chi connectivity index (χ1v) is 40.1. The van der Waals surface area contributed by atoms with E-state index in [1.165, 1.54) is 77.0 Å². The van der Waals surface area contributed by atoms with E-state index in [-0.39, 0.29) is 42.6 Å². The molecule has 16 N–H and O–H groups in total. The number of ether oxygens (including phenoxy) is 2. The number of aliphatic carboxylic acids is 1. The number of nitrogens with one attached hydrogen (secondary N) is 9. The molecule has 1 aromatic carbocycles. The van der Waals surface area contributed by atoms with Crippen LogP contribution in [0.3, 0.4) is 0 Å². The number of fused-ring (bicyclic) bond motifs is 5. The molecule has 4 saturated carbocycles. The van der Waals surface area contributed by atoms with E-state index in [2.05, 4.69) is 84.2 Å². The Morgan fingerprint density at radius 2 is 1.05 bits per heavy atom. The quantitative estimate of drug-likeness (QED) is 0.0208. The second kappa shape index (κ2) is 47.6. The Labute approximate surface area is 620 Å². The highest BCUT2D eigenvalue weighted by atomic mass is 16.6. The minimum atomic E-state index is -1.88. The number of nitrogens with two attached hydrogens (primary N) is 3. The Balaban J connectivity index is 0.000000309. The largest absolute Gasteiger partial charge is 0.481 e. The van der Waals surface area contributed by atoms with Gasteiger partial charge in [0, 0.05) is 257 Å². The van der Waals surface area contributed by atoms with Crippen molar-refractivity contribution < 1.29 is 33.8 Å². The molecule has 2 aromatic heterocycles. The molecule has 0 saturated heterocycles. The number of benzene rings is 1. The van der Waals surface area contributed by atoms with Gasteiger partial charge >= 0.3 is 17.9 Å². The summed E-state index contributed by atoms with van der Waals surface area (Å²) in [4.78, 5) is 82.2. The van der Waals surface area contributed by atoms with Gasteiger partial charge in [0.1, 0.15) is 13.2 Å². The standard InChI is InChI=1S/C50H111N17.C26H23N3O8/c1-2-54-26-39-67(50-13-6-14-50)40-27-58-25-36-65(44-41-62(30-15-51)33-22-56-19-18-55-20-21-59-47-7-3-8-47)35-24-57-23-34-63(31-16-52)42-45-66(38-29-61-49-11-5-12-49)46-43-64(32-17-53)37-28-60-48-9-4-10-48;1-2-26(37-22(33)11-27-20(30)7-8-21(31)32)17-10-19-23-15(9-14-5-3-4-6-18(14)28-23)12-29(19)24(34)16(17)13-36-25(26)35/h47-50,54-61H,2-46,51-53H2,1H3;3-6,9-10H,2,7-8,11-13H2,1H3,(H,27,30)(H,31,32)/t;26-/m.0/s1. The monoisotopic (exact) mass is 1460 g/mol. The number of esters is 2. The van der Waals surface area contributed by atoms with Crippen molar-refractivity contribution in [3.05, 3.63) is 63.4 Å². The van der Waals surface area contributed by atoms with Gasteiger partial charge in [0.2, 0.25) is 11.5 Å². The number of rotatable bonds is 57. The molecule has 28 heteroatoms. The number of carbonyl (C=O) groups is 4. The molecule has 2 aliphatic heterocycles. The Bertz CT molecular complexity index is 3040. The highest BCUT2D eigenvalue weighted by Gasteiger charge is 2.50. The number of para-hydroxylation sites is 1. The van der Waals surface area contributed by atoms with Gasteiger partial charge in [0.05, 0.1) is 35.4 Å². The number of hydrogen-bond acceptors (Lipinski definition) is 25. The van der Waals surface area contributed by atoms with E-state index in [0.29, 0.717) is 31.0 Å². The molecule has 4 fully saturated rings. The predicted molar refractivity (Wildman–Crippen MR) is 414 cm³/mol. The lowest BCUT2D eigenvalue weighted by molar-refractivity contribution is -0.189. The molecule has 586 valence electrons. The van der Waals surface area contributed by atoms with Gasteiger partial charge in [-0.15, -0.1) is 0 Å². The number of aromatic nitrogens is 2. The van der Waals surface area contributed by atoms with Crippen LogP contribution in [0.15, 0.2) is 41.2 Å². The van der Waals surface area contributed by atoms with Gasteiger partial charge < -0.3 is 84.2 Å². The summed E-state index contributed by atoms with van der Waals surface area (Å²) < 4.78 is 12.5. The van der Waals surface area contributed by atoms with Gasteiger partial charge in [-0.25, -0.2) is 9.78 Å². The van der Waals surface area contributed by atoms with E-state index < -0.39 is 36.0 Å². The maximum Gasteiger partial charge on any atom is 0.355 e. The van der Waals surface area contributed by atoms with Gasteiger partial charge in [0.25, 0.3) is 5.56 Å². The minimum Gasteiger partial charge on any atom is -0.481 e. The summed E-state index contributed by atoms with van der Waals surface area (Å²) in [6.07, 6.45) is 15.6. The highest BCUT2D eigenvalue weighted by Crippen LogP contribution is 2.41. The fourth-order valence-electron chi connectivity index (χ4n) is 14.4. The summed E-state index contributed by atoms with van der Waals surface area (Å²) in [7, 11) is 0. The number of nitrogens with zero attached hydrogens (tertiary/aromatic N) is 8. The SMILES string of the molecule is CCNCCN(CCNCCN(CCNCCN(CCN)CCN(CCNC1CCC1)CCN(CCN)CCNC1CCC1)CCN(CCN)CCNCCNCCNC1CCC1)C1CCC1.CC[C@@]1(OC(=O)CNC(=O)CCC(=O)O)C(=O)OCc2c1cc1n(c2=O)Cc2cc3ccccc3nc2-1. The van der Waals surface area contributed by atoms with Crippen LogP contribution in [-0.2, 0) is 47.4 Å². The van der Waals surface area contributed by atoms with Crippen molar-refractivity contribution in [3.63, 3.8) is 0 Å². The molecule has 0 unspecified atom stereocenters. The molecule has 0 spiro atoms. The van der Waals surface area contributed by atoms with Gasteiger partial charge in [-0.2, -0.15) is 0 Å². The maximum atomic E-state index is 13.5. The van der Waals surface area contributed by atoms with Crippen LogP contribution in [0.5, 0.6) is 0 Å². The summed E-state index contributed by atoms with van der Waals surface area (Å²) in [5, 5.41) is 41.6. The normalized spacial score (nSPS) is 17.4. The number of cyclic esters (lactones) is 1.